The van der Waals surface area contributed by atoms with Gasteiger partial charge in [-0.15, -0.1) is 0 Å². The molecule has 0 aromatic rings. The molecule has 1 saturated heterocycles. The molecule has 2 unspecified atom stereocenters. The van der Waals surface area contributed by atoms with Crippen LogP contribution in [0.1, 0.15) is 19.8 Å². The Morgan fingerprint density at radius 3 is 2.75 bits per heavy atom. The number of nitrogens with one attached hydrogen (secondary N) is 1. The van der Waals surface area contributed by atoms with Crippen molar-refractivity contribution in [1.82, 2.24) is 5.32 Å². The third-order valence-electron chi connectivity index (χ3n) is 3.54. The van der Waals surface area contributed by atoms with E-state index in [1.807, 2.05) is 7.05 Å². The fourth-order valence-electron chi connectivity index (χ4n) is 2.34. The molecule has 1 aliphatic heterocycles. The Morgan fingerprint density at radius 1 is 1.38 bits per heavy atom. The van der Waals surface area contributed by atoms with Gasteiger partial charge in [0.15, 0.2) is 0 Å². The molecular weight excluding hydrogens is 206 g/mol. The van der Waals surface area contributed by atoms with Crippen molar-refractivity contribution in [2.75, 3.05) is 47.1 Å². The maximum Gasteiger partial charge on any atom is 0.0700 e. The smallest absolute Gasteiger partial charge is 0.0700 e. The van der Waals surface area contributed by atoms with Crippen molar-refractivity contribution >= 4 is 0 Å². The summed E-state index contributed by atoms with van der Waals surface area (Å²) in [6, 6.07) is 0. The van der Waals surface area contributed by atoms with Gasteiger partial charge in [-0.25, -0.2) is 0 Å². The molecule has 0 amide bonds. The molecule has 4 heteroatoms. The Hall–Kier alpha value is -0.160. The quantitative estimate of drug-likeness (QED) is 0.634. The van der Waals surface area contributed by atoms with Crippen molar-refractivity contribution in [1.29, 1.82) is 0 Å². The highest BCUT2D eigenvalue weighted by Gasteiger charge is 2.40. The number of ether oxygens (including phenoxy) is 3. The van der Waals surface area contributed by atoms with Gasteiger partial charge in [0, 0.05) is 32.3 Å². The van der Waals surface area contributed by atoms with Gasteiger partial charge < -0.3 is 19.5 Å². The maximum absolute atomic E-state index is 5.68. The Bertz CT molecular complexity index is 189. The lowest BCUT2D eigenvalue weighted by molar-refractivity contribution is 0.0215. The lowest BCUT2D eigenvalue weighted by Crippen LogP contribution is -2.39. The SMILES string of the molecule is CNCC1(CCOCCOC)CCOC1C. The van der Waals surface area contributed by atoms with Crippen molar-refractivity contribution in [2.45, 2.75) is 25.9 Å². The molecule has 0 spiro atoms. The highest BCUT2D eigenvalue weighted by Crippen LogP contribution is 2.37. The van der Waals surface area contributed by atoms with Crippen LogP contribution in [0.2, 0.25) is 0 Å². The lowest BCUT2D eigenvalue weighted by Gasteiger charge is -2.32. The Kier molecular flexibility index (Phi) is 6.28. The second kappa shape index (κ2) is 7.22. The summed E-state index contributed by atoms with van der Waals surface area (Å²) < 4.78 is 16.2. The van der Waals surface area contributed by atoms with Crippen LogP contribution in [-0.4, -0.2) is 53.2 Å². The van der Waals surface area contributed by atoms with Gasteiger partial charge in [-0.1, -0.05) is 0 Å². The molecule has 4 nitrogen and oxygen atoms in total. The summed E-state index contributed by atoms with van der Waals surface area (Å²) in [5, 5.41) is 3.27. The maximum atomic E-state index is 5.68. The molecule has 96 valence electrons. The van der Waals surface area contributed by atoms with Crippen molar-refractivity contribution in [3.63, 3.8) is 0 Å². The van der Waals surface area contributed by atoms with Crippen molar-refractivity contribution < 1.29 is 14.2 Å². The van der Waals surface area contributed by atoms with Gasteiger partial charge in [-0.05, 0) is 26.8 Å². The van der Waals surface area contributed by atoms with Gasteiger partial charge in [0.2, 0.25) is 0 Å². The molecule has 0 aliphatic carbocycles. The van der Waals surface area contributed by atoms with Gasteiger partial charge in [-0.2, -0.15) is 0 Å². The first-order valence-electron chi connectivity index (χ1n) is 6.08. The Balaban J connectivity index is 2.28. The molecule has 16 heavy (non-hydrogen) atoms. The molecule has 1 heterocycles. The highest BCUT2D eigenvalue weighted by atomic mass is 16.5. The topological polar surface area (TPSA) is 39.7 Å². The van der Waals surface area contributed by atoms with Crippen LogP contribution in [0.15, 0.2) is 0 Å². The molecule has 0 saturated carbocycles. The summed E-state index contributed by atoms with van der Waals surface area (Å²) in [7, 11) is 3.69. The molecule has 1 rings (SSSR count). The van der Waals surface area contributed by atoms with E-state index in [0.717, 1.165) is 32.6 Å². The minimum atomic E-state index is 0.252. The third-order valence-corrected chi connectivity index (χ3v) is 3.54. The first kappa shape index (κ1) is 13.9. The van der Waals surface area contributed by atoms with Crippen LogP contribution >= 0.6 is 0 Å². The summed E-state index contributed by atoms with van der Waals surface area (Å²) in [5.41, 5.74) is 0.252. The van der Waals surface area contributed by atoms with E-state index in [1.165, 1.54) is 0 Å². The number of hydrogen-bond acceptors (Lipinski definition) is 4. The molecule has 1 aliphatic rings. The minimum absolute atomic E-state index is 0.252. The molecular formula is C12H25NO3. The highest BCUT2D eigenvalue weighted by molar-refractivity contribution is 4.90. The van der Waals surface area contributed by atoms with Gasteiger partial charge in [-0.3, -0.25) is 0 Å². The van der Waals surface area contributed by atoms with Crippen LogP contribution in [0.3, 0.4) is 0 Å². The van der Waals surface area contributed by atoms with Gasteiger partial charge in [0.1, 0.15) is 0 Å². The summed E-state index contributed by atoms with van der Waals surface area (Å²) in [6.07, 6.45) is 2.51. The second-order valence-corrected chi connectivity index (χ2v) is 4.51. The van der Waals surface area contributed by atoms with Crippen LogP contribution in [0.4, 0.5) is 0 Å². The number of methoxy groups -OCH3 is 1. The van der Waals surface area contributed by atoms with Gasteiger partial charge in [0.05, 0.1) is 19.3 Å². The first-order valence-corrected chi connectivity index (χ1v) is 6.08. The van der Waals surface area contributed by atoms with Crippen LogP contribution in [0, 0.1) is 5.41 Å². The molecule has 0 aromatic heterocycles. The molecule has 0 aromatic carbocycles. The van der Waals surface area contributed by atoms with Crippen molar-refractivity contribution in [3.05, 3.63) is 0 Å². The van der Waals surface area contributed by atoms with Crippen LogP contribution in [0.25, 0.3) is 0 Å². The monoisotopic (exact) mass is 231 g/mol. The first-order chi connectivity index (χ1) is 7.75. The summed E-state index contributed by atoms with van der Waals surface area (Å²) in [5.74, 6) is 0. The number of hydrogen-bond donors (Lipinski definition) is 1. The van der Waals surface area contributed by atoms with E-state index < -0.39 is 0 Å². The zero-order valence-electron chi connectivity index (χ0n) is 10.8. The summed E-state index contributed by atoms with van der Waals surface area (Å²) in [6.45, 7) is 6.19. The predicted octanol–water partition coefficient (Wildman–Crippen LogP) is 1.05. The largest absolute Gasteiger partial charge is 0.382 e. The van der Waals surface area contributed by atoms with E-state index in [4.69, 9.17) is 14.2 Å². The van der Waals surface area contributed by atoms with Crippen LogP contribution in [0.5, 0.6) is 0 Å². The Morgan fingerprint density at radius 2 is 2.19 bits per heavy atom. The standard InChI is InChI=1S/C12H25NO3/c1-11-12(10-13-2,5-7-16-11)4-6-15-9-8-14-3/h11,13H,4-10H2,1-3H3. The van der Waals surface area contributed by atoms with E-state index in [1.54, 1.807) is 7.11 Å². The fourth-order valence-corrected chi connectivity index (χ4v) is 2.34. The van der Waals surface area contributed by atoms with Crippen molar-refractivity contribution in [3.8, 4) is 0 Å². The number of rotatable bonds is 8. The van der Waals surface area contributed by atoms with Crippen LogP contribution < -0.4 is 5.32 Å². The second-order valence-electron chi connectivity index (χ2n) is 4.51. The molecule has 1 fully saturated rings. The van der Waals surface area contributed by atoms with E-state index >= 15 is 0 Å². The van der Waals surface area contributed by atoms with Crippen LogP contribution in [-0.2, 0) is 14.2 Å². The fraction of sp³-hybridized carbons (Fsp3) is 1.00. The minimum Gasteiger partial charge on any atom is -0.382 e. The molecule has 0 bridgehead atoms. The summed E-state index contributed by atoms with van der Waals surface area (Å²) >= 11 is 0. The normalized spacial score (nSPS) is 29.8. The van der Waals surface area contributed by atoms with E-state index in [0.29, 0.717) is 19.3 Å². The molecule has 1 N–H and O–H groups in total. The van der Waals surface area contributed by atoms with Crippen molar-refractivity contribution in [2.24, 2.45) is 5.41 Å². The van der Waals surface area contributed by atoms with Gasteiger partial charge in [0.25, 0.3) is 0 Å². The average molecular weight is 231 g/mol. The van der Waals surface area contributed by atoms with E-state index in [2.05, 4.69) is 12.2 Å². The molecule has 0 radical (unpaired) electrons. The average Bonchev–Trinajstić information content (AvgIpc) is 2.61. The predicted molar refractivity (Wildman–Crippen MR) is 63.7 cm³/mol. The third kappa shape index (κ3) is 3.70. The Labute approximate surface area is 98.6 Å². The van der Waals surface area contributed by atoms with E-state index in [-0.39, 0.29) is 5.41 Å². The molecule has 2 atom stereocenters. The zero-order chi connectivity index (χ0) is 11.9. The lowest BCUT2D eigenvalue weighted by atomic mass is 9.78. The zero-order valence-corrected chi connectivity index (χ0v) is 10.8. The van der Waals surface area contributed by atoms with Gasteiger partial charge >= 0.3 is 0 Å². The van der Waals surface area contributed by atoms with E-state index in [9.17, 15) is 0 Å². The summed E-state index contributed by atoms with van der Waals surface area (Å²) in [4.78, 5) is 0.